The van der Waals surface area contributed by atoms with Gasteiger partial charge in [-0.05, 0) is 12.1 Å². The van der Waals surface area contributed by atoms with Crippen molar-refractivity contribution in [1.82, 2.24) is 0 Å². The minimum atomic E-state index is 0.147. The second-order valence-electron chi connectivity index (χ2n) is 3.77. The fourth-order valence-electron chi connectivity index (χ4n) is 1.30. The van der Waals surface area contributed by atoms with Gasteiger partial charge in [0.15, 0.2) is 25.1 Å². The summed E-state index contributed by atoms with van der Waals surface area (Å²) in [5.74, 6) is 1.22. The van der Waals surface area contributed by atoms with Crippen LogP contribution in [0.15, 0.2) is 24.3 Å². The van der Waals surface area contributed by atoms with Crippen LogP contribution in [0.5, 0.6) is 11.5 Å². The Balaban J connectivity index is 2.27. The molecule has 0 saturated carbocycles. The molecule has 0 aromatic heterocycles. The molecule has 0 aliphatic rings. The number of hydrogen-bond acceptors (Lipinski definition) is 6. The zero-order valence-corrected chi connectivity index (χ0v) is 12.0. The summed E-state index contributed by atoms with van der Waals surface area (Å²) in [5.41, 5.74) is 0. The molecule has 0 amide bonds. The predicted molar refractivity (Wildman–Crippen MR) is 73.1 cm³/mol. The maximum Gasteiger partial charge on any atom is 0.189 e. The standard InChI is InChI=1S/C14H22O6/c1-15-7-9-17-11-19-13-5-3-4-6-14(13)20-12-18-10-8-16-2/h3-6H,7-12H2,1-2H3. The topological polar surface area (TPSA) is 55.4 Å². The van der Waals surface area contributed by atoms with E-state index < -0.39 is 0 Å². The third-order valence-electron chi connectivity index (χ3n) is 2.31. The van der Waals surface area contributed by atoms with Gasteiger partial charge in [0.25, 0.3) is 0 Å². The van der Waals surface area contributed by atoms with E-state index >= 15 is 0 Å². The van der Waals surface area contributed by atoms with E-state index in [1.807, 2.05) is 24.3 Å². The Morgan fingerprint density at radius 2 is 1.15 bits per heavy atom. The molecular weight excluding hydrogens is 264 g/mol. The molecule has 0 saturated heterocycles. The molecule has 0 radical (unpaired) electrons. The van der Waals surface area contributed by atoms with Crippen molar-refractivity contribution in [3.63, 3.8) is 0 Å². The number of hydrogen-bond donors (Lipinski definition) is 0. The van der Waals surface area contributed by atoms with Gasteiger partial charge in [-0.3, -0.25) is 0 Å². The van der Waals surface area contributed by atoms with E-state index in [4.69, 9.17) is 28.4 Å². The first-order chi connectivity index (χ1) is 9.88. The summed E-state index contributed by atoms with van der Waals surface area (Å²) in [4.78, 5) is 0. The van der Waals surface area contributed by atoms with Gasteiger partial charge >= 0.3 is 0 Å². The molecule has 1 aromatic carbocycles. The van der Waals surface area contributed by atoms with Gasteiger partial charge in [0.05, 0.1) is 26.4 Å². The summed E-state index contributed by atoms with van der Waals surface area (Å²) >= 11 is 0. The van der Waals surface area contributed by atoms with E-state index in [2.05, 4.69) is 0 Å². The Morgan fingerprint density at radius 3 is 1.55 bits per heavy atom. The summed E-state index contributed by atoms with van der Waals surface area (Å²) in [6.07, 6.45) is 0. The molecule has 1 rings (SSSR count). The van der Waals surface area contributed by atoms with Crippen LogP contribution < -0.4 is 9.47 Å². The van der Waals surface area contributed by atoms with E-state index in [1.54, 1.807) is 14.2 Å². The highest BCUT2D eigenvalue weighted by atomic mass is 16.7. The Bertz CT molecular complexity index is 311. The number of para-hydroxylation sites is 2. The lowest BCUT2D eigenvalue weighted by atomic mass is 10.3. The number of benzene rings is 1. The molecule has 114 valence electrons. The largest absolute Gasteiger partial charge is 0.464 e. The number of rotatable bonds is 12. The summed E-state index contributed by atoms with van der Waals surface area (Å²) in [7, 11) is 3.24. The minimum absolute atomic E-state index is 0.147. The Kier molecular flexibility index (Phi) is 9.60. The van der Waals surface area contributed by atoms with Crippen molar-refractivity contribution in [3.8, 4) is 11.5 Å². The van der Waals surface area contributed by atoms with Crippen molar-refractivity contribution in [3.05, 3.63) is 24.3 Å². The number of ether oxygens (including phenoxy) is 6. The zero-order chi connectivity index (χ0) is 14.5. The lowest BCUT2D eigenvalue weighted by Crippen LogP contribution is -2.10. The Labute approximate surface area is 119 Å². The molecule has 0 N–H and O–H groups in total. The molecule has 0 atom stereocenters. The fourth-order valence-corrected chi connectivity index (χ4v) is 1.30. The predicted octanol–water partition coefficient (Wildman–Crippen LogP) is 1.69. The maximum absolute atomic E-state index is 5.48. The van der Waals surface area contributed by atoms with Crippen LogP contribution >= 0.6 is 0 Å². The fraction of sp³-hybridized carbons (Fsp3) is 0.571. The monoisotopic (exact) mass is 286 g/mol. The van der Waals surface area contributed by atoms with Gasteiger partial charge in [-0.25, -0.2) is 0 Å². The second kappa shape index (κ2) is 11.5. The molecule has 0 fully saturated rings. The molecule has 6 nitrogen and oxygen atoms in total. The number of methoxy groups -OCH3 is 2. The van der Waals surface area contributed by atoms with E-state index in [1.165, 1.54) is 0 Å². The van der Waals surface area contributed by atoms with Gasteiger partial charge in [-0.1, -0.05) is 12.1 Å². The van der Waals surface area contributed by atoms with E-state index in [9.17, 15) is 0 Å². The highest BCUT2D eigenvalue weighted by Gasteiger charge is 2.04. The smallest absolute Gasteiger partial charge is 0.189 e. The van der Waals surface area contributed by atoms with Crippen LogP contribution in [0.3, 0.4) is 0 Å². The van der Waals surface area contributed by atoms with Crippen molar-refractivity contribution in [1.29, 1.82) is 0 Å². The summed E-state index contributed by atoms with van der Waals surface area (Å²) in [6, 6.07) is 7.35. The van der Waals surface area contributed by atoms with Crippen LogP contribution in [0.25, 0.3) is 0 Å². The Hall–Kier alpha value is -1.34. The molecule has 0 aliphatic heterocycles. The van der Waals surface area contributed by atoms with Crippen molar-refractivity contribution in [2.24, 2.45) is 0 Å². The quantitative estimate of drug-likeness (QED) is 0.430. The van der Waals surface area contributed by atoms with E-state index in [-0.39, 0.29) is 13.6 Å². The Morgan fingerprint density at radius 1 is 0.700 bits per heavy atom. The lowest BCUT2D eigenvalue weighted by Gasteiger charge is -2.12. The van der Waals surface area contributed by atoms with Gasteiger partial charge in [0.1, 0.15) is 0 Å². The molecule has 6 heteroatoms. The van der Waals surface area contributed by atoms with E-state index in [0.29, 0.717) is 37.9 Å². The van der Waals surface area contributed by atoms with Crippen LogP contribution in [0, 0.1) is 0 Å². The molecule has 20 heavy (non-hydrogen) atoms. The minimum Gasteiger partial charge on any atom is -0.464 e. The SMILES string of the molecule is COCCOCOc1ccccc1OCOCCOC. The van der Waals surface area contributed by atoms with Crippen molar-refractivity contribution >= 4 is 0 Å². The van der Waals surface area contributed by atoms with Gasteiger partial charge in [-0.2, -0.15) is 0 Å². The highest BCUT2D eigenvalue weighted by Crippen LogP contribution is 2.26. The van der Waals surface area contributed by atoms with Crippen molar-refractivity contribution in [2.45, 2.75) is 0 Å². The maximum atomic E-state index is 5.48. The van der Waals surface area contributed by atoms with Crippen LogP contribution in [-0.4, -0.2) is 54.2 Å². The molecule has 0 aliphatic carbocycles. The molecule has 0 bridgehead atoms. The zero-order valence-electron chi connectivity index (χ0n) is 12.0. The van der Waals surface area contributed by atoms with Gasteiger partial charge in [-0.15, -0.1) is 0 Å². The van der Waals surface area contributed by atoms with E-state index in [0.717, 1.165) is 0 Å². The first kappa shape index (κ1) is 16.7. The third kappa shape index (κ3) is 7.30. The van der Waals surface area contributed by atoms with Gasteiger partial charge in [0.2, 0.25) is 0 Å². The second-order valence-corrected chi connectivity index (χ2v) is 3.77. The van der Waals surface area contributed by atoms with Gasteiger partial charge < -0.3 is 28.4 Å². The van der Waals surface area contributed by atoms with Crippen molar-refractivity contribution < 1.29 is 28.4 Å². The normalized spacial score (nSPS) is 10.5. The third-order valence-corrected chi connectivity index (χ3v) is 2.31. The van der Waals surface area contributed by atoms with Crippen molar-refractivity contribution in [2.75, 3.05) is 54.2 Å². The van der Waals surface area contributed by atoms with Gasteiger partial charge in [0, 0.05) is 14.2 Å². The molecular formula is C14H22O6. The van der Waals surface area contributed by atoms with Crippen LogP contribution in [0.4, 0.5) is 0 Å². The highest BCUT2D eigenvalue weighted by molar-refractivity contribution is 5.39. The summed E-state index contributed by atoms with van der Waals surface area (Å²) in [5, 5.41) is 0. The lowest BCUT2D eigenvalue weighted by molar-refractivity contribution is -0.0207. The summed E-state index contributed by atoms with van der Waals surface area (Å²) in [6.45, 7) is 2.34. The first-order valence-corrected chi connectivity index (χ1v) is 6.36. The van der Waals surface area contributed by atoms with Crippen LogP contribution in [-0.2, 0) is 18.9 Å². The average molecular weight is 286 g/mol. The molecule has 1 aromatic rings. The average Bonchev–Trinajstić information content (AvgIpc) is 2.48. The van der Waals surface area contributed by atoms with Crippen LogP contribution in [0.1, 0.15) is 0 Å². The first-order valence-electron chi connectivity index (χ1n) is 6.36. The van der Waals surface area contributed by atoms with Crippen LogP contribution in [0.2, 0.25) is 0 Å². The molecule has 0 unspecified atom stereocenters. The molecule has 0 heterocycles. The summed E-state index contributed by atoms with van der Waals surface area (Å²) < 4.78 is 31.2. The molecule has 0 spiro atoms.